The Balaban J connectivity index is 1.41. The van der Waals surface area contributed by atoms with Gasteiger partial charge in [0, 0.05) is 17.4 Å². The predicted octanol–water partition coefficient (Wildman–Crippen LogP) is 6.09. The zero-order valence-corrected chi connectivity index (χ0v) is 17.8. The largest absolute Gasteiger partial charge is 0.486 e. The molecule has 0 aromatic heterocycles. The Morgan fingerprint density at radius 1 is 1.10 bits per heavy atom. The van der Waals surface area contributed by atoms with Crippen LogP contribution in [0, 0.1) is 6.57 Å². The minimum absolute atomic E-state index is 0.0222. The Morgan fingerprint density at radius 2 is 1.81 bits per heavy atom. The summed E-state index contributed by atoms with van der Waals surface area (Å²) >= 11 is 0. The lowest BCUT2D eigenvalue weighted by Gasteiger charge is -2.38. The monoisotopic (exact) mass is 411 g/mol. The highest BCUT2D eigenvalue weighted by molar-refractivity contribution is 5.97. The number of Topliss-reactive ketones (excluding diaryl/α,β-unsaturated/α-hetero) is 1. The lowest BCUT2D eigenvalue weighted by molar-refractivity contribution is -0.0500. The van der Waals surface area contributed by atoms with Gasteiger partial charge in [0.1, 0.15) is 11.9 Å². The molecule has 4 nitrogen and oxygen atoms in total. The van der Waals surface area contributed by atoms with Gasteiger partial charge in [-0.05, 0) is 35.7 Å². The van der Waals surface area contributed by atoms with Crippen LogP contribution in [0.3, 0.4) is 0 Å². The Kier molecular flexibility index (Phi) is 5.88. The van der Waals surface area contributed by atoms with E-state index in [1.807, 2.05) is 37.3 Å². The molecule has 0 N–H and O–H groups in total. The molecule has 0 amide bonds. The van der Waals surface area contributed by atoms with Crippen LogP contribution in [0.2, 0.25) is 0 Å². The normalized spacial score (nSPS) is 15.4. The Morgan fingerprint density at radius 3 is 2.42 bits per heavy atom. The van der Waals surface area contributed by atoms with Crippen LogP contribution < -0.4 is 4.74 Å². The molecule has 31 heavy (non-hydrogen) atoms. The highest BCUT2D eigenvalue weighted by Gasteiger charge is 2.35. The van der Waals surface area contributed by atoms with Gasteiger partial charge < -0.3 is 9.47 Å². The second-order valence-corrected chi connectivity index (χ2v) is 8.34. The van der Waals surface area contributed by atoms with Gasteiger partial charge >= 0.3 is 0 Å². The van der Waals surface area contributed by atoms with Crippen LogP contribution in [0.4, 0.5) is 5.69 Å². The molecule has 1 heterocycles. The summed E-state index contributed by atoms with van der Waals surface area (Å²) in [5, 5.41) is 0. The van der Waals surface area contributed by atoms with Crippen LogP contribution in [-0.2, 0) is 16.6 Å². The summed E-state index contributed by atoms with van der Waals surface area (Å²) in [5.41, 5.74) is 4.57. The molecule has 1 aliphatic rings. The number of hydrogen-bond acceptors (Lipinski definition) is 3. The average Bonchev–Trinajstić information content (AvgIpc) is 2.78. The van der Waals surface area contributed by atoms with E-state index in [1.165, 1.54) is 5.56 Å². The van der Waals surface area contributed by atoms with Crippen LogP contribution in [0.1, 0.15) is 47.0 Å². The molecule has 0 aliphatic carbocycles. The number of carbonyl (C=O) groups is 1. The summed E-state index contributed by atoms with van der Waals surface area (Å²) in [5.74, 6) is 0.694. The number of ketones is 1. The van der Waals surface area contributed by atoms with Gasteiger partial charge in [0.05, 0.1) is 19.8 Å². The highest BCUT2D eigenvalue weighted by Crippen LogP contribution is 2.32. The van der Waals surface area contributed by atoms with Crippen molar-refractivity contribution in [2.24, 2.45) is 0 Å². The zero-order chi connectivity index (χ0) is 21.8. The van der Waals surface area contributed by atoms with Crippen molar-refractivity contribution >= 4 is 11.5 Å². The molecular weight excluding hydrogens is 386 g/mol. The fourth-order valence-corrected chi connectivity index (χ4v) is 3.72. The van der Waals surface area contributed by atoms with Gasteiger partial charge in [-0.15, -0.1) is 0 Å². The molecule has 0 radical (unpaired) electrons. The van der Waals surface area contributed by atoms with Crippen LogP contribution in [-0.4, -0.2) is 19.0 Å². The molecule has 3 aromatic carbocycles. The third kappa shape index (κ3) is 4.68. The smallest absolute Gasteiger partial charge is 0.187 e. The summed E-state index contributed by atoms with van der Waals surface area (Å²) in [6.45, 7) is 12.8. The Hall–Kier alpha value is -3.42. The first-order valence-electron chi connectivity index (χ1n) is 10.4. The van der Waals surface area contributed by atoms with Gasteiger partial charge in [-0.2, -0.15) is 0 Å². The maximum absolute atomic E-state index is 12.7. The van der Waals surface area contributed by atoms with E-state index in [1.54, 1.807) is 18.2 Å². The Bertz CT molecular complexity index is 1110. The third-order valence-electron chi connectivity index (χ3n) is 5.82. The predicted molar refractivity (Wildman–Crippen MR) is 121 cm³/mol. The van der Waals surface area contributed by atoms with E-state index in [4.69, 9.17) is 16.0 Å². The summed E-state index contributed by atoms with van der Waals surface area (Å²) in [4.78, 5) is 16.1. The van der Waals surface area contributed by atoms with Crippen molar-refractivity contribution in [2.45, 2.75) is 31.8 Å². The fourth-order valence-electron chi connectivity index (χ4n) is 3.72. The van der Waals surface area contributed by atoms with E-state index in [9.17, 15) is 4.79 Å². The Labute approximate surface area is 183 Å². The van der Waals surface area contributed by atoms with Crippen LogP contribution in [0.15, 0.2) is 72.8 Å². The first kappa shape index (κ1) is 20.8. The van der Waals surface area contributed by atoms with Gasteiger partial charge in [-0.3, -0.25) is 4.79 Å². The van der Waals surface area contributed by atoms with Gasteiger partial charge in [-0.1, -0.05) is 67.6 Å². The van der Waals surface area contributed by atoms with Gasteiger partial charge in [0.25, 0.3) is 0 Å². The van der Waals surface area contributed by atoms with Crippen molar-refractivity contribution in [1.82, 2.24) is 0 Å². The number of rotatable bonds is 7. The molecule has 156 valence electrons. The number of hydrogen-bond donors (Lipinski definition) is 0. The van der Waals surface area contributed by atoms with Gasteiger partial charge in [0.15, 0.2) is 11.5 Å². The summed E-state index contributed by atoms with van der Waals surface area (Å²) in [7, 11) is 0. The molecule has 1 aliphatic heterocycles. The van der Waals surface area contributed by atoms with Crippen molar-refractivity contribution in [3.63, 3.8) is 0 Å². The van der Waals surface area contributed by atoms with Crippen LogP contribution >= 0.6 is 0 Å². The summed E-state index contributed by atoms with van der Waals surface area (Å²) in [6.07, 6.45) is 0.160. The number of ether oxygens (including phenoxy) is 2. The molecule has 1 unspecified atom stereocenters. The molecule has 4 heteroatoms. The quantitative estimate of drug-likeness (QED) is 0.349. The topological polar surface area (TPSA) is 39.9 Å². The molecular formula is C27H25NO3. The lowest BCUT2D eigenvalue weighted by atomic mass is 9.80. The molecule has 1 atom stereocenters. The van der Waals surface area contributed by atoms with E-state index in [0.717, 1.165) is 24.3 Å². The maximum Gasteiger partial charge on any atom is 0.187 e. The van der Waals surface area contributed by atoms with E-state index >= 15 is 0 Å². The number of carbonyl (C=O) groups excluding carboxylic acids is 1. The SMILES string of the molecule is [C-]#[N+]c1ccc(CC(=O)c2cccc(OC(C)c3ccc(C4(C)COC4)cc3)c2)cc1. The van der Waals surface area contributed by atoms with Crippen molar-refractivity contribution in [1.29, 1.82) is 0 Å². The standard InChI is InChI=1S/C27H25NO3/c1-19(21-9-11-23(12-10-21)27(2)17-30-18-27)31-25-6-4-5-22(16-25)26(29)15-20-7-13-24(28-3)14-8-20/h4-14,16,19H,15,17-18H2,1-2H3. The average molecular weight is 412 g/mol. The van der Waals surface area contributed by atoms with Crippen molar-refractivity contribution in [3.05, 3.63) is 106 Å². The molecule has 4 rings (SSSR count). The molecule has 3 aromatic rings. The second kappa shape index (κ2) is 8.75. The zero-order valence-electron chi connectivity index (χ0n) is 17.8. The molecule has 0 saturated carbocycles. The first-order valence-corrected chi connectivity index (χ1v) is 10.4. The van der Waals surface area contributed by atoms with E-state index in [-0.39, 0.29) is 17.3 Å². The van der Waals surface area contributed by atoms with Crippen molar-refractivity contribution in [2.75, 3.05) is 13.2 Å². The third-order valence-corrected chi connectivity index (χ3v) is 5.82. The van der Waals surface area contributed by atoms with E-state index in [0.29, 0.717) is 23.4 Å². The van der Waals surface area contributed by atoms with Crippen LogP contribution in [0.25, 0.3) is 4.85 Å². The molecule has 1 fully saturated rings. The summed E-state index contributed by atoms with van der Waals surface area (Å²) < 4.78 is 11.5. The summed E-state index contributed by atoms with van der Waals surface area (Å²) in [6, 6.07) is 23.0. The fraction of sp³-hybridized carbons (Fsp3) is 0.259. The lowest BCUT2D eigenvalue weighted by Crippen LogP contribution is -2.43. The van der Waals surface area contributed by atoms with Gasteiger partial charge in [0.2, 0.25) is 0 Å². The maximum atomic E-state index is 12.7. The minimum atomic E-state index is -0.133. The van der Waals surface area contributed by atoms with E-state index in [2.05, 4.69) is 36.0 Å². The minimum Gasteiger partial charge on any atom is -0.486 e. The highest BCUT2D eigenvalue weighted by atomic mass is 16.5. The first-order chi connectivity index (χ1) is 15.0. The molecule has 1 saturated heterocycles. The van der Waals surface area contributed by atoms with E-state index < -0.39 is 0 Å². The molecule has 0 spiro atoms. The van der Waals surface area contributed by atoms with Crippen LogP contribution in [0.5, 0.6) is 5.75 Å². The van der Waals surface area contributed by atoms with Gasteiger partial charge in [-0.25, -0.2) is 4.85 Å². The number of nitrogens with zero attached hydrogens (tertiary/aromatic N) is 1. The van der Waals surface area contributed by atoms with Crippen molar-refractivity contribution in [3.8, 4) is 5.75 Å². The molecule has 0 bridgehead atoms. The second-order valence-electron chi connectivity index (χ2n) is 8.34. The van der Waals surface area contributed by atoms with Crippen molar-refractivity contribution < 1.29 is 14.3 Å². The number of benzene rings is 3.